The maximum Gasteiger partial charge on any atom is 0.255 e. The Morgan fingerprint density at radius 2 is 2.08 bits per heavy atom. The molecule has 124 valence electrons. The molecule has 1 saturated heterocycles. The summed E-state index contributed by atoms with van der Waals surface area (Å²) >= 11 is 0. The van der Waals surface area contributed by atoms with Crippen molar-refractivity contribution < 1.29 is 4.79 Å². The molecule has 0 bridgehead atoms. The average Bonchev–Trinajstić information content (AvgIpc) is 2.67. The van der Waals surface area contributed by atoms with Crippen LogP contribution in [0.3, 0.4) is 0 Å². The van der Waals surface area contributed by atoms with Gasteiger partial charge in [0.15, 0.2) is 0 Å². The Morgan fingerprint density at radius 1 is 1.25 bits per heavy atom. The molecule has 0 aromatic carbocycles. The van der Waals surface area contributed by atoms with Gasteiger partial charge in [-0.25, -0.2) is 4.98 Å². The van der Waals surface area contributed by atoms with E-state index in [0.29, 0.717) is 25.2 Å². The second kappa shape index (κ2) is 7.59. The lowest BCUT2D eigenvalue weighted by atomic mass is 10.2. The minimum Gasteiger partial charge on any atom is -0.380 e. The monoisotopic (exact) mass is 323 g/mol. The number of nitrogens with one attached hydrogen (secondary N) is 1. The maximum atomic E-state index is 12.7. The topological polar surface area (TPSA) is 61.4 Å². The van der Waals surface area contributed by atoms with Crippen molar-refractivity contribution in [2.75, 3.05) is 42.9 Å². The summed E-state index contributed by atoms with van der Waals surface area (Å²) in [4.78, 5) is 25.3. The second-order valence-electron chi connectivity index (χ2n) is 5.60. The fourth-order valence-corrected chi connectivity index (χ4v) is 2.71. The van der Waals surface area contributed by atoms with Crippen molar-refractivity contribution in [2.24, 2.45) is 0 Å². The highest BCUT2D eigenvalue weighted by molar-refractivity contribution is 5.94. The van der Waals surface area contributed by atoms with Gasteiger partial charge in [0.1, 0.15) is 5.82 Å². The van der Waals surface area contributed by atoms with Crippen LogP contribution in [0.25, 0.3) is 0 Å². The molecule has 6 nitrogen and oxygen atoms in total. The molecular formula is C18H21N5O. The molecular weight excluding hydrogens is 302 g/mol. The van der Waals surface area contributed by atoms with Crippen molar-refractivity contribution in [1.29, 1.82) is 0 Å². The first kappa shape index (κ1) is 16.0. The van der Waals surface area contributed by atoms with Gasteiger partial charge in [-0.1, -0.05) is 12.1 Å². The molecule has 0 spiro atoms. The average molecular weight is 323 g/mol. The highest BCUT2D eigenvalue weighted by Crippen LogP contribution is 2.15. The zero-order valence-electron chi connectivity index (χ0n) is 13.6. The molecule has 3 rings (SSSR count). The van der Waals surface area contributed by atoms with E-state index in [0.717, 1.165) is 24.6 Å². The van der Waals surface area contributed by atoms with E-state index >= 15 is 0 Å². The second-order valence-corrected chi connectivity index (χ2v) is 5.60. The number of nitrogens with zero attached hydrogens (tertiary/aromatic N) is 4. The number of carbonyl (C=O) groups is 1. The van der Waals surface area contributed by atoms with E-state index < -0.39 is 0 Å². The molecule has 1 aliphatic heterocycles. The Morgan fingerprint density at radius 3 is 2.79 bits per heavy atom. The molecule has 0 aliphatic carbocycles. The van der Waals surface area contributed by atoms with Crippen LogP contribution in [0.5, 0.6) is 0 Å². The Labute approximate surface area is 141 Å². The molecule has 0 saturated carbocycles. The SMILES string of the molecule is C=CCNc1cncc(C(=O)N2CCN(c3ccccn3)CC2)c1. The van der Waals surface area contributed by atoms with Crippen molar-refractivity contribution in [3.05, 3.63) is 61.1 Å². The van der Waals surface area contributed by atoms with E-state index in [4.69, 9.17) is 0 Å². The summed E-state index contributed by atoms with van der Waals surface area (Å²) in [6.07, 6.45) is 6.89. The lowest BCUT2D eigenvalue weighted by molar-refractivity contribution is 0.0746. The number of aromatic nitrogens is 2. The summed E-state index contributed by atoms with van der Waals surface area (Å²) in [7, 11) is 0. The number of hydrogen-bond donors (Lipinski definition) is 1. The van der Waals surface area contributed by atoms with Crippen LogP contribution >= 0.6 is 0 Å². The van der Waals surface area contributed by atoms with E-state index in [9.17, 15) is 4.79 Å². The van der Waals surface area contributed by atoms with Gasteiger partial charge >= 0.3 is 0 Å². The summed E-state index contributed by atoms with van der Waals surface area (Å²) in [6, 6.07) is 7.72. The molecule has 1 fully saturated rings. The molecule has 2 aromatic heterocycles. The Hall–Kier alpha value is -2.89. The number of pyridine rings is 2. The van der Waals surface area contributed by atoms with E-state index in [1.165, 1.54) is 0 Å². The first-order valence-corrected chi connectivity index (χ1v) is 8.03. The minimum absolute atomic E-state index is 0.0189. The van der Waals surface area contributed by atoms with Gasteiger partial charge in [-0.3, -0.25) is 9.78 Å². The fraction of sp³-hybridized carbons (Fsp3) is 0.278. The summed E-state index contributed by atoms with van der Waals surface area (Å²) in [5, 5.41) is 3.15. The lowest BCUT2D eigenvalue weighted by Crippen LogP contribution is -2.49. The molecule has 1 aliphatic rings. The third-order valence-electron chi connectivity index (χ3n) is 3.98. The first-order valence-electron chi connectivity index (χ1n) is 8.03. The number of anilines is 2. The van der Waals surface area contributed by atoms with E-state index in [2.05, 4.69) is 26.8 Å². The lowest BCUT2D eigenvalue weighted by Gasteiger charge is -2.35. The van der Waals surface area contributed by atoms with E-state index in [1.54, 1.807) is 24.7 Å². The van der Waals surface area contributed by atoms with Crippen molar-refractivity contribution in [1.82, 2.24) is 14.9 Å². The van der Waals surface area contributed by atoms with Gasteiger partial charge in [0, 0.05) is 51.3 Å². The molecule has 0 unspecified atom stereocenters. The normalized spacial score (nSPS) is 14.3. The molecule has 24 heavy (non-hydrogen) atoms. The molecule has 6 heteroatoms. The summed E-state index contributed by atoms with van der Waals surface area (Å²) in [5.41, 5.74) is 1.43. The number of carbonyl (C=O) groups excluding carboxylic acids is 1. The molecule has 1 N–H and O–H groups in total. The third-order valence-corrected chi connectivity index (χ3v) is 3.98. The van der Waals surface area contributed by atoms with Gasteiger partial charge in [0.25, 0.3) is 5.91 Å². The Bertz CT molecular complexity index is 696. The van der Waals surface area contributed by atoms with Crippen LogP contribution in [0.1, 0.15) is 10.4 Å². The predicted octanol–water partition coefficient (Wildman–Crippen LogP) is 2.04. The largest absolute Gasteiger partial charge is 0.380 e. The van der Waals surface area contributed by atoms with E-state index in [1.807, 2.05) is 29.2 Å². The summed E-state index contributed by atoms with van der Waals surface area (Å²) in [5.74, 6) is 0.979. The van der Waals surface area contributed by atoms with Crippen LogP contribution < -0.4 is 10.2 Å². The highest BCUT2D eigenvalue weighted by Gasteiger charge is 2.23. The van der Waals surface area contributed by atoms with Crippen LogP contribution in [0.4, 0.5) is 11.5 Å². The molecule has 2 aromatic rings. The Kier molecular flexibility index (Phi) is 5.05. The standard InChI is InChI=1S/C18H21N5O/c1-2-6-20-16-12-15(13-19-14-16)18(24)23-10-8-22(9-11-23)17-5-3-4-7-21-17/h2-5,7,12-14,20H,1,6,8-11H2. The minimum atomic E-state index is 0.0189. The summed E-state index contributed by atoms with van der Waals surface area (Å²) < 4.78 is 0. The molecule has 0 atom stereocenters. The third kappa shape index (κ3) is 3.71. The van der Waals surface area contributed by atoms with Gasteiger partial charge in [-0.2, -0.15) is 0 Å². The van der Waals surface area contributed by atoms with Crippen molar-refractivity contribution in [2.45, 2.75) is 0 Å². The van der Waals surface area contributed by atoms with Crippen LogP contribution in [0, 0.1) is 0 Å². The van der Waals surface area contributed by atoms with Gasteiger partial charge in [0.05, 0.1) is 11.3 Å². The quantitative estimate of drug-likeness (QED) is 0.853. The number of piperazine rings is 1. The number of amides is 1. The molecule has 1 amide bonds. The van der Waals surface area contributed by atoms with Crippen LogP contribution in [0.2, 0.25) is 0 Å². The number of hydrogen-bond acceptors (Lipinski definition) is 5. The van der Waals surface area contributed by atoms with Gasteiger partial charge < -0.3 is 15.1 Å². The van der Waals surface area contributed by atoms with Gasteiger partial charge in [-0.05, 0) is 18.2 Å². The van der Waals surface area contributed by atoms with Crippen LogP contribution in [-0.2, 0) is 0 Å². The van der Waals surface area contributed by atoms with Crippen molar-refractivity contribution in [3.63, 3.8) is 0 Å². The smallest absolute Gasteiger partial charge is 0.255 e. The number of rotatable bonds is 5. The molecule has 3 heterocycles. The highest BCUT2D eigenvalue weighted by atomic mass is 16.2. The predicted molar refractivity (Wildman–Crippen MR) is 95.3 cm³/mol. The maximum absolute atomic E-state index is 12.7. The Balaban J connectivity index is 1.62. The zero-order valence-corrected chi connectivity index (χ0v) is 13.6. The summed E-state index contributed by atoms with van der Waals surface area (Å²) in [6.45, 7) is 7.24. The zero-order chi connectivity index (χ0) is 16.8. The van der Waals surface area contributed by atoms with Gasteiger partial charge in [-0.15, -0.1) is 6.58 Å². The fourth-order valence-electron chi connectivity index (χ4n) is 2.71. The van der Waals surface area contributed by atoms with Crippen molar-refractivity contribution in [3.8, 4) is 0 Å². The first-order chi connectivity index (χ1) is 11.8. The van der Waals surface area contributed by atoms with Crippen LogP contribution in [0.15, 0.2) is 55.5 Å². The van der Waals surface area contributed by atoms with Crippen LogP contribution in [-0.4, -0.2) is 53.5 Å². The van der Waals surface area contributed by atoms with Crippen molar-refractivity contribution >= 4 is 17.4 Å². The van der Waals surface area contributed by atoms with Gasteiger partial charge in [0.2, 0.25) is 0 Å². The van der Waals surface area contributed by atoms with E-state index in [-0.39, 0.29) is 5.91 Å². The molecule has 0 radical (unpaired) electrons.